The van der Waals surface area contributed by atoms with Gasteiger partial charge in [-0.3, -0.25) is 13.9 Å². The van der Waals surface area contributed by atoms with Gasteiger partial charge in [-0.25, -0.2) is 8.42 Å². The predicted molar refractivity (Wildman–Crippen MR) is 189 cm³/mol. The molecule has 48 heavy (non-hydrogen) atoms. The van der Waals surface area contributed by atoms with Crippen LogP contribution in [-0.4, -0.2) is 44.3 Å². The van der Waals surface area contributed by atoms with Gasteiger partial charge in [-0.2, -0.15) is 0 Å². The number of nitrogens with zero attached hydrogens (tertiary/aromatic N) is 2. The van der Waals surface area contributed by atoms with Crippen LogP contribution < -0.4 is 14.4 Å². The Bertz CT molecular complexity index is 1890. The molecule has 0 bridgehead atoms. The first-order chi connectivity index (χ1) is 23.2. The summed E-state index contributed by atoms with van der Waals surface area (Å²) in [6.45, 7) is 1.66. The Hall–Kier alpha value is -5.12. The highest BCUT2D eigenvalue weighted by Crippen LogP contribution is 2.29. The molecule has 0 unspecified atom stereocenters. The molecule has 5 aromatic rings. The number of ether oxygens (including phenoxy) is 1. The van der Waals surface area contributed by atoms with E-state index >= 15 is 0 Å². The molecule has 0 spiro atoms. The van der Waals surface area contributed by atoms with Crippen LogP contribution >= 0.6 is 11.6 Å². The van der Waals surface area contributed by atoms with Crippen LogP contribution in [0.15, 0.2) is 144 Å². The molecule has 1 N–H and O–H groups in total. The third-order valence-corrected chi connectivity index (χ3v) is 9.64. The first-order valence-electron chi connectivity index (χ1n) is 15.5. The maximum absolute atomic E-state index is 14.5. The van der Waals surface area contributed by atoms with E-state index in [0.29, 0.717) is 23.1 Å². The number of carbonyl (C=O) groups excluding carboxylic acids is 2. The highest BCUT2D eigenvalue weighted by molar-refractivity contribution is 7.92. The number of halogens is 1. The predicted octanol–water partition coefficient (Wildman–Crippen LogP) is 7.10. The number of anilines is 1. The molecule has 0 aromatic heterocycles. The van der Waals surface area contributed by atoms with Crippen LogP contribution in [0, 0.1) is 0 Å². The monoisotopic (exact) mass is 681 g/mol. The van der Waals surface area contributed by atoms with Gasteiger partial charge in [0.2, 0.25) is 11.8 Å². The van der Waals surface area contributed by atoms with E-state index in [1.165, 1.54) is 17.0 Å². The molecule has 0 aliphatic rings. The molecule has 10 heteroatoms. The standard InChI is InChI=1S/C38H36ClN3O5S/c1-2-40-38(44)36(26-29-12-6-3-7-13-29)41(27-30-18-20-31(39)21-19-30)37(43)28-42(48(45,46)35-16-10-5-11-17-35)32-22-24-34(25-23-32)47-33-14-8-4-9-15-33/h3-25,36H,2,26-28H2,1H3,(H,40,44)/t36-/m0/s1. The summed E-state index contributed by atoms with van der Waals surface area (Å²) in [6, 6.07) is 39.1. The molecule has 5 aromatic carbocycles. The van der Waals surface area contributed by atoms with Gasteiger partial charge in [-0.15, -0.1) is 0 Å². The molecule has 0 saturated carbocycles. The number of hydrogen-bond donors (Lipinski definition) is 1. The SMILES string of the molecule is CCNC(=O)[C@H](Cc1ccccc1)N(Cc1ccc(Cl)cc1)C(=O)CN(c1ccc(Oc2ccccc2)cc1)S(=O)(=O)c1ccccc1. The summed E-state index contributed by atoms with van der Waals surface area (Å²) in [5.74, 6) is 0.225. The summed E-state index contributed by atoms with van der Waals surface area (Å²) in [6.07, 6.45) is 0.225. The van der Waals surface area contributed by atoms with Crippen LogP contribution in [0.4, 0.5) is 5.69 Å². The maximum Gasteiger partial charge on any atom is 0.264 e. The van der Waals surface area contributed by atoms with Gasteiger partial charge < -0.3 is 15.0 Å². The smallest absolute Gasteiger partial charge is 0.264 e. The van der Waals surface area contributed by atoms with Gasteiger partial charge in [-0.05, 0) is 78.7 Å². The van der Waals surface area contributed by atoms with Crippen molar-refractivity contribution < 1.29 is 22.7 Å². The molecule has 0 fully saturated rings. The van der Waals surface area contributed by atoms with Gasteiger partial charge in [0, 0.05) is 24.5 Å². The number of sulfonamides is 1. The Morgan fingerprint density at radius 2 is 1.29 bits per heavy atom. The van der Waals surface area contributed by atoms with Crippen molar-refractivity contribution in [2.24, 2.45) is 0 Å². The lowest BCUT2D eigenvalue weighted by Gasteiger charge is -2.33. The number of rotatable bonds is 14. The lowest BCUT2D eigenvalue weighted by molar-refractivity contribution is -0.140. The summed E-state index contributed by atoms with van der Waals surface area (Å²) in [5.41, 5.74) is 1.84. The van der Waals surface area contributed by atoms with Gasteiger partial charge in [0.15, 0.2) is 0 Å². The zero-order valence-corrected chi connectivity index (χ0v) is 28.0. The molecule has 246 valence electrons. The van der Waals surface area contributed by atoms with E-state index in [1.807, 2.05) is 67.6 Å². The minimum absolute atomic E-state index is 0.0243. The number of hydrogen-bond acceptors (Lipinski definition) is 5. The second-order valence-electron chi connectivity index (χ2n) is 11.0. The highest BCUT2D eigenvalue weighted by atomic mass is 35.5. The summed E-state index contributed by atoms with van der Waals surface area (Å²) in [4.78, 5) is 29.6. The largest absolute Gasteiger partial charge is 0.457 e. The van der Waals surface area contributed by atoms with Crippen molar-refractivity contribution in [3.63, 3.8) is 0 Å². The normalized spacial score (nSPS) is 11.7. The molecule has 0 aliphatic heterocycles. The van der Waals surface area contributed by atoms with Crippen LogP contribution in [0.25, 0.3) is 0 Å². The Kier molecular flexibility index (Phi) is 11.5. The summed E-state index contributed by atoms with van der Waals surface area (Å²) in [5, 5.41) is 3.39. The fourth-order valence-corrected chi connectivity index (χ4v) is 6.75. The van der Waals surface area contributed by atoms with Crippen molar-refractivity contribution in [2.45, 2.75) is 30.8 Å². The van der Waals surface area contributed by atoms with Crippen LogP contribution in [0.5, 0.6) is 11.5 Å². The third-order valence-electron chi connectivity index (χ3n) is 7.60. The Labute approximate surface area is 286 Å². The fourth-order valence-electron chi connectivity index (χ4n) is 5.19. The molecule has 0 aliphatic carbocycles. The van der Waals surface area contributed by atoms with E-state index in [2.05, 4.69) is 5.32 Å². The van der Waals surface area contributed by atoms with Gasteiger partial charge in [-0.1, -0.05) is 90.5 Å². The van der Waals surface area contributed by atoms with Gasteiger partial charge in [0.1, 0.15) is 24.1 Å². The van der Waals surface area contributed by atoms with Crippen molar-refractivity contribution in [3.05, 3.63) is 156 Å². The number of para-hydroxylation sites is 1. The molecule has 0 radical (unpaired) electrons. The third kappa shape index (κ3) is 8.82. The van der Waals surface area contributed by atoms with Crippen LogP contribution in [0.1, 0.15) is 18.1 Å². The minimum Gasteiger partial charge on any atom is -0.457 e. The van der Waals surface area contributed by atoms with Crippen LogP contribution in [0.2, 0.25) is 5.02 Å². The van der Waals surface area contributed by atoms with Crippen molar-refractivity contribution in [1.29, 1.82) is 0 Å². The van der Waals surface area contributed by atoms with Crippen LogP contribution in [0.3, 0.4) is 0 Å². The average Bonchev–Trinajstić information content (AvgIpc) is 3.11. The van der Waals surface area contributed by atoms with E-state index in [9.17, 15) is 18.0 Å². The zero-order chi connectivity index (χ0) is 33.9. The van der Waals surface area contributed by atoms with Crippen LogP contribution in [-0.2, 0) is 32.6 Å². The Balaban J connectivity index is 1.53. The van der Waals surface area contributed by atoms with Crippen molar-refractivity contribution >= 4 is 39.1 Å². The minimum atomic E-state index is -4.22. The lowest BCUT2D eigenvalue weighted by atomic mass is 10.0. The van der Waals surface area contributed by atoms with E-state index in [0.717, 1.165) is 15.4 Å². The molecule has 1 atom stereocenters. The summed E-state index contributed by atoms with van der Waals surface area (Å²) in [7, 11) is -4.22. The number of carbonyl (C=O) groups is 2. The topological polar surface area (TPSA) is 96.0 Å². The molecule has 0 heterocycles. The maximum atomic E-state index is 14.5. The molecule has 2 amide bonds. The van der Waals surface area contributed by atoms with Crippen molar-refractivity contribution in [1.82, 2.24) is 10.2 Å². The molecular weight excluding hydrogens is 646 g/mol. The second-order valence-corrected chi connectivity index (χ2v) is 13.3. The first kappa shape index (κ1) is 34.2. The van der Waals surface area contributed by atoms with E-state index < -0.39 is 28.5 Å². The summed E-state index contributed by atoms with van der Waals surface area (Å²) < 4.78 is 35.4. The van der Waals surface area contributed by atoms with E-state index in [1.54, 1.807) is 66.7 Å². The molecule has 0 saturated heterocycles. The molecule has 8 nitrogen and oxygen atoms in total. The zero-order valence-electron chi connectivity index (χ0n) is 26.4. The first-order valence-corrected chi connectivity index (χ1v) is 17.3. The summed E-state index contributed by atoms with van der Waals surface area (Å²) >= 11 is 6.15. The highest BCUT2D eigenvalue weighted by Gasteiger charge is 2.34. The van der Waals surface area contributed by atoms with E-state index in [4.69, 9.17) is 16.3 Å². The fraction of sp³-hybridized carbons (Fsp3) is 0.158. The van der Waals surface area contributed by atoms with Crippen molar-refractivity contribution in [3.8, 4) is 11.5 Å². The number of likely N-dealkylation sites (N-methyl/N-ethyl adjacent to an activating group) is 1. The molecular formula is C38H36ClN3O5S. The Morgan fingerprint density at radius 1 is 0.729 bits per heavy atom. The molecule has 5 rings (SSSR count). The second kappa shape index (κ2) is 16.1. The number of amides is 2. The van der Waals surface area contributed by atoms with Gasteiger partial charge in [0.05, 0.1) is 10.6 Å². The Morgan fingerprint density at radius 3 is 1.90 bits per heavy atom. The number of nitrogens with one attached hydrogen (secondary N) is 1. The quantitative estimate of drug-likeness (QED) is 0.135. The van der Waals surface area contributed by atoms with E-state index in [-0.39, 0.29) is 29.5 Å². The van der Waals surface area contributed by atoms with Gasteiger partial charge in [0.25, 0.3) is 10.0 Å². The van der Waals surface area contributed by atoms with Gasteiger partial charge >= 0.3 is 0 Å². The average molecular weight is 682 g/mol. The lowest BCUT2D eigenvalue weighted by Crippen LogP contribution is -2.53. The van der Waals surface area contributed by atoms with Crippen molar-refractivity contribution in [2.75, 3.05) is 17.4 Å². The number of benzene rings is 5.